The molecule has 0 spiro atoms. The highest BCUT2D eigenvalue weighted by atomic mass is 16.2. The number of carbonyl (C=O) groups excluding carboxylic acids is 1. The first-order valence-corrected chi connectivity index (χ1v) is 5.39. The number of anilines is 2. The molecule has 0 aliphatic heterocycles. The van der Waals surface area contributed by atoms with Crippen LogP contribution in [0.4, 0.5) is 16.4 Å². The first kappa shape index (κ1) is 11.9. The normalized spacial score (nSPS) is 10.1. The van der Waals surface area contributed by atoms with Crippen LogP contribution in [0.15, 0.2) is 30.6 Å². The van der Waals surface area contributed by atoms with Crippen LogP contribution in [0.2, 0.25) is 0 Å². The van der Waals surface area contributed by atoms with Gasteiger partial charge in [0.1, 0.15) is 11.6 Å². The van der Waals surface area contributed by atoms with Crippen molar-refractivity contribution in [2.24, 2.45) is 7.05 Å². The van der Waals surface area contributed by atoms with Crippen molar-refractivity contribution in [2.75, 3.05) is 11.1 Å². The van der Waals surface area contributed by atoms with Crippen LogP contribution in [0.1, 0.15) is 5.56 Å². The molecule has 2 amide bonds. The van der Waals surface area contributed by atoms with E-state index < -0.39 is 0 Å². The summed E-state index contributed by atoms with van der Waals surface area (Å²) in [6.07, 6.45) is 3.23. The first-order chi connectivity index (χ1) is 8.66. The molecule has 0 saturated heterocycles. The summed E-state index contributed by atoms with van der Waals surface area (Å²) in [7, 11) is 1.74. The average Bonchev–Trinajstić information content (AvgIpc) is 2.69. The van der Waals surface area contributed by atoms with Crippen LogP contribution in [0.5, 0.6) is 0 Å². The Balaban J connectivity index is 1.87. The molecular weight excluding hydrogens is 232 g/mol. The number of nitrogens with two attached hydrogens (primary N) is 1. The maximum atomic E-state index is 11.6. The van der Waals surface area contributed by atoms with E-state index >= 15 is 0 Å². The predicted molar refractivity (Wildman–Crippen MR) is 67.7 cm³/mol. The molecule has 2 aromatic heterocycles. The largest absolute Gasteiger partial charge is 0.384 e. The summed E-state index contributed by atoms with van der Waals surface area (Å²) in [4.78, 5) is 15.6. The van der Waals surface area contributed by atoms with E-state index in [0.29, 0.717) is 18.2 Å². The number of amides is 2. The van der Waals surface area contributed by atoms with Gasteiger partial charge in [-0.2, -0.15) is 5.10 Å². The molecule has 94 valence electrons. The molecule has 0 aromatic carbocycles. The Morgan fingerprint density at radius 1 is 1.50 bits per heavy atom. The van der Waals surface area contributed by atoms with Crippen molar-refractivity contribution < 1.29 is 4.79 Å². The van der Waals surface area contributed by atoms with Crippen LogP contribution < -0.4 is 16.4 Å². The van der Waals surface area contributed by atoms with E-state index in [1.165, 1.54) is 0 Å². The van der Waals surface area contributed by atoms with Crippen molar-refractivity contribution in [3.63, 3.8) is 0 Å². The fraction of sp³-hybridized carbons (Fsp3) is 0.182. The third-order valence-electron chi connectivity index (χ3n) is 2.41. The zero-order chi connectivity index (χ0) is 13.0. The first-order valence-electron chi connectivity index (χ1n) is 5.39. The van der Waals surface area contributed by atoms with Crippen molar-refractivity contribution >= 4 is 17.7 Å². The van der Waals surface area contributed by atoms with Crippen molar-refractivity contribution in [1.82, 2.24) is 20.1 Å². The van der Waals surface area contributed by atoms with Gasteiger partial charge in [0.25, 0.3) is 0 Å². The van der Waals surface area contributed by atoms with Crippen LogP contribution in [-0.2, 0) is 13.6 Å². The minimum absolute atomic E-state index is 0.318. The number of urea groups is 1. The van der Waals surface area contributed by atoms with E-state index in [0.717, 1.165) is 5.56 Å². The standard InChI is InChI=1S/C11H14N6O/c1-17-10(12)8(7-15-17)6-14-11(18)16-9-4-2-3-5-13-9/h2-5,7H,6,12H2,1H3,(H2,13,14,16,18). The molecule has 0 fully saturated rings. The lowest BCUT2D eigenvalue weighted by Crippen LogP contribution is -2.28. The Bertz CT molecular complexity index is 536. The van der Waals surface area contributed by atoms with Crippen molar-refractivity contribution in [2.45, 2.75) is 6.54 Å². The van der Waals surface area contributed by atoms with E-state index in [1.807, 2.05) is 0 Å². The molecule has 0 aliphatic rings. The van der Waals surface area contributed by atoms with E-state index in [9.17, 15) is 4.79 Å². The van der Waals surface area contributed by atoms with Gasteiger partial charge in [0.15, 0.2) is 0 Å². The highest BCUT2D eigenvalue weighted by molar-refractivity contribution is 5.88. The number of hydrogen-bond donors (Lipinski definition) is 3. The Hall–Kier alpha value is -2.57. The Morgan fingerprint density at radius 2 is 2.33 bits per heavy atom. The van der Waals surface area contributed by atoms with E-state index in [-0.39, 0.29) is 6.03 Å². The molecule has 7 heteroatoms. The Labute approximate surface area is 104 Å². The third-order valence-corrected chi connectivity index (χ3v) is 2.41. The zero-order valence-electron chi connectivity index (χ0n) is 9.92. The monoisotopic (exact) mass is 246 g/mol. The van der Waals surface area contributed by atoms with Gasteiger partial charge in [0.05, 0.1) is 6.20 Å². The summed E-state index contributed by atoms with van der Waals surface area (Å²) in [5, 5.41) is 9.27. The van der Waals surface area contributed by atoms with Gasteiger partial charge in [-0.15, -0.1) is 0 Å². The predicted octanol–water partition coefficient (Wildman–Crippen LogP) is 0.719. The molecule has 2 rings (SSSR count). The highest BCUT2D eigenvalue weighted by Gasteiger charge is 2.06. The van der Waals surface area contributed by atoms with Gasteiger partial charge >= 0.3 is 6.03 Å². The maximum absolute atomic E-state index is 11.6. The number of nitrogen functional groups attached to an aromatic ring is 1. The van der Waals surface area contributed by atoms with Crippen molar-refractivity contribution in [1.29, 1.82) is 0 Å². The van der Waals surface area contributed by atoms with Gasteiger partial charge in [-0.25, -0.2) is 9.78 Å². The Kier molecular flexibility index (Phi) is 3.42. The van der Waals surface area contributed by atoms with Gasteiger partial charge < -0.3 is 11.1 Å². The molecule has 0 aliphatic carbocycles. The summed E-state index contributed by atoms with van der Waals surface area (Å²) in [6, 6.07) is 4.94. The second-order valence-electron chi connectivity index (χ2n) is 3.70. The smallest absolute Gasteiger partial charge is 0.320 e. The van der Waals surface area contributed by atoms with Crippen molar-refractivity contribution in [3.8, 4) is 0 Å². The minimum atomic E-state index is -0.336. The number of carbonyl (C=O) groups is 1. The minimum Gasteiger partial charge on any atom is -0.384 e. The van der Waals surface area contributed by atoms with E-state index in [1.54, 1.807) is 42.3 Å². The lowest BCUT2D eigenvalue weighted by molar-refractivity contribution is 0.251. The number of nitrogens with one attached hydrogen (secondary N) is 2. The molecule has 7 nitrogen and oxygen atoms in total. The molecule has 0 bridgehead atoms. The molecule has 2 aromatic rings. The molecule has 0 radical (unpaired) electrons. The highest BCUT2D eigenvalue weighted by Crippen LogP contribution is 2.08. The second kappa shape index (κ2) is 5.17. The number of rotatable bonds is 3. The van der Waals surface area contributed by atoms with Gasteiger partial charge in [-0.05, 0) is 12.1 Å². The lowest BCUT2D eigenvalue weighted by Gasteiger charge is -2.06. The van der Waals surface area contributed by atoms with Crippen molar-refractivity contribution in [3.05, 3.63) is 36.2 Å². The number of pyridine rings is 1. The Morgan fingerprint density at radius 3 is 2.94 bits per heavy atom. The molecule has 2 heterocycles. The van der Waals surface area contributed by atoms with Crippen LogP contribution in [-0.4, -0.2) is 20.8 Å². The molecular formula is C11H14N6O. The topological polar surface area (TPSA) is 97.9 Å². The van der Waals surface area contributed by atoms with Gasteiger partial charge in [-0.3, -0.25) is 10.00 Å². The third kappa shape index (κ3) is 2.76. The molecule has 0 saturated carbocycles. The summed E-state index contributed by atoms with van der Waals surface area (Å²) in [5.74, 6) is 1.03. The average molecular weight is 246 g/mol. The number of nitrogens with zero attached hydrogens (tertiary/aromatic N) is 3. The molecule has 4 N–H and O–H groups in total. The molecule has 0 unspecified atom stereocenters. The summed E-state index contributed by atoms with van der Waals surface area (Å²) in [6.45, 7) is 0.318. The van der Waals surface area contributed by atoms with Crippen LogP contribution in [0.25, 0.3) is 0 Å². The van der Waals surface area contributed by atoms with Crippen LogP contribution in [0, 0.1) is 0 Å². The quantitative estimate of drug-likeness (QED) is 0.743. The second-order valence-corrected chi connectivity index (χ2v) is 3.70. The number of hydrogen-bond acceptors (Lipinski definition) is 4. The molecule has 18 heavy (non-hydrogen) atoms. The SMILES string of the molecule is Cn1ncc(CNC(=O)Nc2ccccn2)c1N. The maximum Gasteiger partial charge on any atom is 0.320 e. The number of aryl methyl sites for hydroxylation is 1. The molecule has 0 atom stereocenters. The van der Waals surface area contributed by atoms with Crippen LogP contribution in [0.3, 0.4) is 0 Å². The lowest BCUT2D eigenvalue weighted by atomic mass is 10.3. The van der Waals surface area contributed by atoms with E-state index in [2.05, 4.69) is 20.7 Å². The fourth-order valence-electron chi connectivity index (χ4n) is 1.40. The van der Waals surface area contributed by atoms with Gasteiger partial charge in [-0.1, -0.05) is 6.07 Å². The summed E-state index contributed by atoms with van der Waals surface area (Å²) < 4.78 is 1.55. The fourth-order valence-corrected chi connectivity index (χ4v) is 1.40. The van der Waals surface area contributed by atoms with Crippen LogP contribution >= 0.6 is 0 Å². The zero-order valence-corrected chi connectivity index (χ0v) is 9.92. The van der Waals surface area contributed by atoms with E-state index in [4.69, 9.17) is 5.73 Å². The van der Waals surface area contributed by atoms with Gasteiger partial charge in [0, 0.05) is 25.4 Å². The van der Waals surface area contributed by atoms with Gasteiger partial charge in [0.2, 0.25) is 0 Å². The summed E-state index contributed by atoms with van der Waals surface area (Å²) >= 11 is 0. The number of aromatic nitrogens is 3. The summed E-state index contributed by atoms with van der Waals surface area (Å²) in [5.41, 5.74) is 6.53.